The van der Waals surface area contributed by atoms with Gasteiger partial charge >= 0.3 is 0 Å². The summed E-state index contributed by atoms with van der Waals surface area (Å²) < 4.78 is 5.26. The van der Waals surface area contributed by atoms with E-state index in [1.54, 1.807) is 0 Å². The molecule has 0 aliphatic carbocycles. The Labute approximate surface area is 212 Å². The third kappa shape index (κ3) is 7.62. The van der Waals surface area contributed by atoms with Crippen LogP contribution >= 0.6 is 23.9 Å². The zero-order chi connectivity index (χ0) is 23.2. The summed E-state index contributed by atoms with van der Waals surface area (Å²) in [6.07, 6.45) is 8.28. The molecule has 0 radical (unpaired) electrons. The van der Waals surface area contributed by atoms with Crippen LogP contribution in [0.3, 0.4) is 0 Å². The van der Waals surface area contributed by atoms with Gasteiger partial charge in [-0.2, -0.15) is 0 Å². The lowest BCUT2D eigenvalue weighted by Gasteiger charge is -2.41. The fourth-order valence-corrected chi connectivity index (χ4v) is 7.89. The predicted octanol–water partition coefficient (Wildman–Crippen LogP) is 5.47. The van der Waals surface area contributed by atoms with Gasteiger partial charge in [-0.3, -0.25) is 4.90 Å². The van der Waals surface area contributed by atoms with Crippen LogP contribution in [0.25, 0.3) is 0 Å². The average Bonchev–Trinajstić information content (AvgIpc) is 2.81. The fourth-order valence-electron chi connectivity index (χ4n) is 5.85. The second kappa shape index (κ2) is 12.6. The minimum Gasteiger partial charge on any atom is -0.306 e. The molecular weight excluding hydrogens is 444 g/mol. The topological polar surface area (TPSA) is 13.0 Å². The third-order valence-electron chi connectivity index (χ3n) is 7.91. The van der Waals surface area contributed by atoms with Gasteiger partial charge in [0.05, 0.1) is 0 Å². The number of likely N-dealkylation sites (tertiary alicyclic amines) is 1. The minimum absolute atomic E-state index is 0.844. The molecule has 4 nitrogen and oxygen atoms in total. The largest absolute Gasteiger partial charge is 0.306 e. The standard InChI is InChI=1S/C27H46N4S2/c1-22-20-23(2)27(24(3)21-22)33-31-13-7-25(8-14-31)6-5-19-32-30-17-15-29(16-18-30)26-9-11-28(4)12-10-26/h20-21,25-26H,5-19H2,1-4H3. The number of nitrogens with zero attached hydrogens (tertiary/aromatic N) is 4. The molecule has 6 heteroatoms. The first-order valence-corrected chi connectivity index (χ1v) is 15.0. The highest BCUT2D eigenvalue weighted by molar-refractivity contribution is 7.97. The summed E-state index contributed by atoms with van der Waals surface area (Å²) in [5.41, 5.74) is 4.25. The Hall–Kier alpha value is -0.240. The summed E-state index contributed by atoms with van der Waals surface area (Å²) in [7, 11) is 2.26. The molecule has 0 N–H and O–H groups in total. The molecule has 1 aromatic rings. The zero-order valence-electron chi connectivity index (χ0n) is 21.5. The maximum Gasteiger partial charge on any atom is 0.0288 e. The van der Waals surface area contributed by atoms with Crippen LogP contribution in [0.15, 0.2) is 17.0 Å². The lowest BCUT2D eigenvalue weighted by atomic mass is 9.94. The first-order valence-electron chi connectivity index (χ1n) is 13.3. The maximum absolute atomic E-state index is 2.77. The molecule has 33 heavy (non-hydrogen) atoms. The quantitative estimate of drug-likeness (QED) is 0.351. The molecular formula is C27H46N4S2. The van der Waals surface area contributed by atoms with Gasteiger partial charge in [0.1, 0.15) is 0 Å². The molecule has 3 heterocycles. The number of hydrogen-bond donors (Lipinski definition) is 0. The molecule has 0 amide bonds. The van der Waals surface area contributed by atoms with E-state index in [-0.39, 0.29) is 0 Å². The van der Waals surface area contributed by atoms with E-state index in [4.69, 9.17) is 0 Å². The van der Waals surface area contributed by atoms with Gasteiger partial charge in [-0.25, -0.2) is 8.61 Å². The lowest BCUT2D eigenvalue weighted by molar-refractivity contribution is 0.0919. The van der Waals surface area contributed by atoms with Crippen molar-refractivity contribution in [3.8, 4) is 0 Å². The highest BCUT2D eigenvalue weighted by Crippen LogP contribution is 2.34. The van der Waals surface area contributed by atoms with E-state index in [2.05, 4.69) is 70.3 Å². The highest BCUT2D eigenvalue weighted by atomic mass is 32.2. The SMILES string of the molecule is Cc1cc(C)c(SN2CCC(CCCSN3CCN(C4CCN(C)CC4)CC3)CC2)c(C)c1. The van der Waals surface area contributed by atoms with Crippen LogP contribution < -0.4 is 0 Å². The van der Waals surface area contributed by atoms with Crippen LogP contribution in [0.1, 0.15) is 55.2 Å². The van der Waals surface area contributed by atoms with Gasteiger partial charge in [0.25, 0.3) is 0 Å². The van der Waals surface area contributed by atoms with Crippen molar-refractivity contribution in [1.29, 1.82) is 0 Å². The number of aryl methyl sites for hydroxylation is 3. The number of rotatable bonds is 8. The van der Waals surface area contributed by atoms with Crippen molar-refractivity contribution < 1.29 is 0 Å². The van der Waals surface area contributed by atoms with Gasteiger partial charge in [0, 0.05) is 56.0 Å². The Morgan fingerprint density at radius 1 is 0.788 bits per heavy atom. The Bertz CT molecular complexity index is 711. The van der Waals surface area contributed by atoms with Crippen molar-refractivity contribution in [2.75, 3.05) is 65.2 Å². The third-order valence-corrected chi connectivity index (χ3v) is 10.6. The van der Waals surface area contributed by atoms with Crippen molar-refractivity contribution >= 4 is 23.9 Å². The number of benzene rings is 1. The summed E-state index contributed by atoms with van der Waals surface area (Å²) in [6, 6.07) is 5.50. The van der Waals surface area contributed by atoms with Crippen LogP contribution in [0.2, 0.25) is 0 Å². The van der Waals surface area contributed by atoms with Crippen LogP contribution in [0, 0.1) is 26.7 Å². The van der Waals surface area contributed by atoms with Gasteiger partial charge < -0.3 is 4.90 Å². The van der Waals surface area contributed by atoms with Gasteiger partial charge in [-0.15, -0.1) is 0 Å². The molecule has 0 unspecified atom stereocenters. The Morgan fingerprint density at radius 3 is 2.06 bits per heavy atom. The predicted molar refractivity (Wildman–Crippen MR) is 146 cm³/mol. The van der Waals surface area contributed by atoms with Crippen LogP contribution in [-0.4, -0.2) is 89.6 Å². The summed E-state index contributed by atoms with van der Waals surface area (Å²) in [5, 5.41) is 0. The van der Waals surface area contributed by atoms with E-state index in [1.807, 2.05) is 11.9 Å². The van der Waals surface area contributed by atoms with Crippen LogP contribution in [0.5, 0.6) is 0 Å². The van der Waals surface area contributed by atoms with Gasteiger partial charge in [0.2, 0.25) is 0 Å². The molecule has 3 fully saturated rings. The molecule has 0 spiro atoms. The van der Waals surface area contributed by atoms with Crippen molar-refractivity contribution in [3.63, 3.8) is 0 Å². The van der Waals surface area contributed by atoms with Crippen molar-refractivity contribution in [2.24, 2.45) is 5.92 Å². The molecule has 4 rings (SSSR count). The second-order valence-electron chi connectivity index (χ2n) is 10.7. The first-order chi connectivity index (χ1) is 16.0. The molecule has 0 atom stereocenters. The maximum atomic E-state index is 2.77. The van der Waals surface area contributed by atoms with E-state index in [0.29, 0.717) is 0 Å². The normalized spacial score (nSPS) is 23.4. The minimum atomic E-state index is 0.844. The molecule has 3 aliphatic heterocycles. The Kier molecular flexibility index (Phi) is 9.90. The monoisotopic (exact) mass is 490 g/mol. The van der Waals surface area contributed by atoms with Crippen molar-refractivity contribution in [3.05, 3.63) is 28.8 Å². The van der Waals surface area contributed by atoms with Crippen LogP contribution in [0.4, 0.5) is 0 Å². The van der Waals surface area contributed by atoms with Gasteiger partial charge in [-0.05, 0) is 108 Å². The summed E-state index contributed by atoms with van der Waals surface area (Å²) in [6.45, 7) is 16.8. The summed E-state index contributed by atoms with van der Waals surface area (Å²) in [4.78, 5) is 6.73. The van der Waals surface area contributed by atoms with Crippen molar-refractivity contribution in [1.82, 2.24) is 18.4 Å². The smallest absolute Gasteiger partial charge is 0.0288 e. The second-order valence-corrected chi connectivity index (χ2v) is 13.0. The lowest BCUT2D eigenvalue weighted by Crippen LogP contribution is -2.51. The fraction of sp³-hybridized carbons (Fsp3) is 0.778. The summed E-state index contributed by atoms with van der Waals surface area (Å²) in [5.74, 6) is 2.24. The van der Waals surface area contributed by atoms with Gasteiger partial charge in [-0.1, -0.05) is 29.6 Å². The molecule has 3 aliphatic rings. The van der Waals surface area contributed by atoms with E-state index >= 15 is 0 Å². The van der Waals surface area contributed by atoms with E-state index in [1.165, 1.54) is 118 Å². The molecule has 0 saturated carbocycles. The number of piperazine rings is 1. The number of hydrogen-bond acceptors (Lipinski definition) is 6. The van der Waals surface area contributed by atoms with E-state index in [9.17, 15) is 0 Å². The Balaban J connectivity index is 1.07. The molecule has 0 aromatic heterocycles. The molecule has 0 bridgehead atoms. The van der Waals surface area contributed by atoms with Gasteiger partial charge in [0.15, 0.2) is 0 Å². The zero-order valence-corrected chi connectivity index (χ0v) is 23.2. The molecule has 186 valence electrons. The highest BCUT2D eigenvalue weighted by Gasteiger charge is 2.26. The number of piperidine rings is 2. The van der Waals surface area contributed by atoms with E-state index < -0.39 is 0 Å². The summed E-state index contributed by atoms with van der Waals surface area (Å²) >= 11 is 4.13. The van der Waals surface area contributed by atoms with Crippen molar-refractivity contribution in [2.45, 2.75) is 70.2 Å². The molecule has 1 aromatic carbocycles. The Morgan fingerprint density at radius 2 is 1.42 bits per heavy atom. The average molecular weight is 491 g/mol. The molecule has 3 saturated heterocycles. The first kappa shape index (κ1) is 25.8. The van der Waals surface area contributed by atoms with E-state index in [0.717, 1.165) is 12.0 Å². The van der Waals surface area contributed by atoms with Crippen LogP contribution in [-0.2, 0) is 0 Å².